The Bertz CT molecular complexity index is 1990. The van der Waals surface area contributed by atoms with Crippen molar-refractivity contribution >= 4 is 40.1 Å². The maximum atomic E-state index is 11.5. The first-order valence-corrected chi connectivity index (χ1v) is 17.5. The van der Waals surface area contributed by atoms with Gasteiger partial charge < -0.3 is 30.0 Å². The summed E-state index contributed by atoms with van der Waals surface area (Å²) in [6.45, 7) is 3.77. The highest BCUT2D eigenvalue weighted by molar-refractivity contribution is 6.39. The second-order valence-corrected chi connectivity index (χ2v) is 13.5. The Morgan fingerprint density at radius 1 is 0.980 bits per heavy atom. The molecule has 0 radical (unpaired) electrons. The van der Waals surface area contributed by atoms with Crippen LogP contribution >= 0.6 is 23.2 Å². The summed E-state index contributed by atoms with van der Waals surface area (Å²) in [6, 6.07) is 18.1. The molecule has 0 aliphatic carbocycles. The standard InChI is InChI=1S/C38H40Cl2N6O3/c1-46-22-25(19-42-21-27-5-4-16-49-27)28-11-12-32(45-38(28)46)31-7-3-6-29(35(31)39)30-14-15-43-37(36(30)40)23-8-9-24(33(17-23)48-2)18-41-20-26-10-13-34(47)44-26/h3,6-9,11-12,14-15,17,22,26-27,41-42H,4-5,10,13,16,18-21H2,1-2H3,(H,44,47)/t26-,27+/m1/s1. The van der Waals surface area contributed by atoms with Crippen LogP contribution in [0.3, 0.4) is 0 Å². The second kappa shape index (κ2) is 14.9. The van der Waals surface area contributed by atoms with E-state index in [0.29, 0.717) is 41.4 Å². The molecular formula is C38H40Cl2N6O3. The Hall–Kier alpha value is -3.99. The SMILES string of the molecule is COc1cc(-c2nccc(-c3cccc(-c4ccc5c(CNC[C@@H]6CCCO6)cn(C)c5n4)c3Cl)c2Cl)ccc1CNC[C@H]1CCC(=O)N1. The van der Waals surface area contributed by atoms with Crippen LogP contribution < -0.4 is 20.7 Å². The Kier molecular flexibility index (Phi) is 10.2. The molecule has 5 heterocycles. The van der Waals surface area contributed by atoms with E-state index in [0.717, 1.165) is 89.3 Å². The molecule has 2 fully saturated rings. The summed E-state index contributed by atoms with van der Waals surface area (Å²) in [4.78, 5) is 21.2. The van der Waals surface area contributed by atoms with E-state index < -0.39 is 0 Å². The number of methoxy groups -OCH3 is 1. The summed E-state index contributed by atoms with van der Waals surface area (Å²) in [5.74, 6) is 0.842. The summed E-state index contributed by atoms with van der Waals surface area (Å²) in [6.07, 6.45) is 7.87. The molecule has 9 nitrogen and oxygen atoms in total. The van der Waals surface area contributed by atoms with Gasteiger partial charge in [0.15, 0.2) is 0 Å². The maximum absolute atomic E-state index is 11.5. The third kappa shape index (κ3) is 7.18. The normalized spacial score (nSPS) is 17.6. The molecule has 5 aromatic rings. The Morgan fingerprint density at radius 3 is 2.59 bits per heavy atom. The lowest BCUT2D eigenvalue weighted by Gasteiger charge is -2.16. The second-order valence-electron chi connectivity index (χ2n) is 12.7. The first-order chi connectivity index (χ1) is 23.9. The number of nitrogens with one attached hydrogen (secondary N) is 3. The number of carbonyl (C=O) groups excluding carboxylic acids is 1. The van der Waals surface area contributed by atoms with Crippen LogP contribution in [0.5, 0.6) is 5.75 Å². The van der Waals surface area contributed by atoms with Gasteiger partial charge in [0.05, 0.1) is 34.6 Å². The van der Waals surface area contributed by atoms with Crippen molar-refractivity contribution in [2.45, 2.75) is 50.9 Å². The van der Waals surface area contributed by atoms with Crippen molar-refractivity contribution in [1.29, 1.82) is 0 Å². The molecule has 0 spiro atoms. The van der Waals surface area contributed by atoms with Gasteiger partial charge in [-0.3, -0.25) is 9.78 Å². The number of amides is 1. The zero-order chi connectivity index (χ0) is 33.9. The van der Waals surface area contributed by atoms with E-state index in [1.54, 1.807) is 13.3 Å². The van der Waals surface area contributed by atoms with E-state index in [4.69, 9.17) is 37.7 Å². The zero-order valence-corrected chi connectivity index (χ0v) is 29.2. The fourth-order valence-electron chi connectivity index (χ4n) is 6.84. The molecule has 49 heavy (non-hydrogen) atoms. The van der Waals surface area contributed by atoms with Gasteiger partial charge in [-0.25, -0.2) is 4.98 Å². The van der Waals surface area contributed by atoms with Gasteiger partial charge in [-0.2, -0.15) is 0 Å². The Balaban J connectivity index is 1.12. The molecule has 254 valence electrons. The quantitative estimate of drug-likeness (QED) is 0.130. The molecule has 2 aliphatic heterocycles. The van der Waals surface area contributed by atoms with E-state index in [9.17, 15) is 4.79 Å². The average molecular weight is 700 g/mol. The van der Waals surface area contributed by atoms with Crippen LogP contribution in [-0.4, -0.2) is 59.4 Å². The van der Waals surface area contributed by atoms with E-state index >= 15 is 0 Å². The van der Waals surface area contributed by atoms with Crippen LogP contribution in [0.25, 0.3) is 44.7 Å². The molecule has 0 saturated carbocycles. The minimum Gasteiger partial charge on any atom is -0.496 e. The molecule has 2 atom stereocenters. The van der Waals surface area contributed by atoms with Crippen molar-refractivity contribution in [1.82, 2.24) is 30.5 Å². The maximum Gasteiger partial charge on any atom is 0.220 e. The summed E-state index contributed by atoms with van der Waals surface area (Å²) in [7, 11) is 3.68. The van der Waals surface area contributed by atoms with Crippen LogP contribution in [-0.2, 0) is 29.7 Å². The zero-order valence-electron chi connectivity index (χ0n) is 27.7. The summed E-state index contributed by atoms with van der Waals surface area (Å²) in [5, 5.41) is 12.2. The van der Waals surface area contributed by atoms with Gasteiger partial charge in [0.25, 0.3) is 0 Å². The lowest BCUT2D eigenvalue weighted by atomic mass is 9.99. The summed E-state index contributed by atoms with van der Waals surface area (Å²) >= 11 is 14.2. The number of ether oxygens (including phenoxy) is 2. The monoisotopic (exact) mass is 698 g/mol. The molecule has 1 amide bonds. The van der Waals surface area contributed by atoms with Crippen LogP contribution in [0.2, 0.25) is 10.0 Å². The molecule has 2 aromatic carbocycles. The van der Waals surface area contributed by atoms with Crippen molar-refractivity contribution in [3.8, 4) is 39.4 Å². The van der Waals surface area contributed by atoms with Gasteiger partial charge >= 0.3 is 0 Å². The average Bonchev–Trinajstić information content (AvgIpc) is 3.86. The number of aromatic nitrogens is 3. The molecule has 0 bridgehead atoms. The van der Waals surface area contributed by atoms with Crippen molar-refractivity contribution in [2.75, 3.05) is 26.8 Å². The smallest absolute Gasteiger partial charge is 0.220 e. The predicted octanol–water partition coefficient (Wildman–Crippen LogP) is 6.92. The minimum atomic E-state index is 0.113. The molecule has 11 heteroatoms. The summed E-state index contributed by atoms with van der Waals surface area (Å²) < 4.78 is 13.6. The molecule has 7 rings (SSSR count). The number of hydrogen-bond acceptors (Lipinski definition) is 7. The van der Waals surface area contributed by atoms with E-state index in [1.807, 2.05) is 55.6 Å². The topological polar surface area (TPSA) is 102 Å². The first kappa shape index (κ1) is 33.5. The van der Waals surface area contributed by atoms with Gasteiger partial charge in [-0.1, -0.05) is 53.5 Å². The molecule has 0 unspecified atom stereocenters. The van der Waals surface area contributed by atoms with Crippen LogP contribution in [0, 0.1) is 0 Å². The number of aryl methyl sites for hydroxylation is 1. The lowest BCUT2D eigenvalue weighted by Crippen LogP contribution is -2.35. The molecule has 2 aliphatic rings. The number of benzene rings is 2. The number of rotatable bonds is 12. The van der Waals surface area contributed by atoms with Crippen molar-refractivity contribution in [3.63, 3.8) is 0 Å². The Labute approximate surface area is 296 Å². The first-order valence-electron chi connectivity index (χ1n) is 16.8. The Morgan fingerprint density at radius 2 is 1.80 bits per heavy atom. The predicted molar refractivity (Wildman–Crippen MR) is 195 cm³/mol. The third-order valence-electron chi connectivity index (χ3n) is 9.42. The van der Waals surface area contributed by atoms with Gasteiger partial charge in [0.2, 0.25) is 5.91 Å². The number of halogens is 2. The fraction of sp³-hybridized carbons (Fsp3) is 0.342. The van der Waals surface area contributed by atoms with Crippen molar-refractivity contribution in [3.05, 3.63) is 88.2 Å². The van der Waals surface area contributed by atoms with E-state index in [1.165, 1.54) is 5.56 Å². The third-order valence-corrected chi connectivity index (χ3v) is 10.2. The van der Waals surface area contributed by atoms with E-state index in [-0.39, 0.29) is 11.9 Å². The van der Waals surface area contributed by atoms with Gasteiger partial charge in [-0.05, 0) is 49.1 Å². The van der Waals surface area contributed by atoms with Crippen LogP contribution in [0.15, 0.2) is 67.0 Å². The van der Waals surface area contributed by atoms with E-state index in [2.05, 4.69) is 37.8 Å². The van der Waals surface area contributed by atoms with Crippen LogP contribution in [0.1, 0.15) is 36.8 Å². The summed E-state index contributed by atoms with van der Waals surface area (Å²) in [5.41, 5.74) is 7.76. The molecule has 3 N–H and O–H groups in total. The highest BCUT2D eigenvalue weighted by Crippen LogP contribution is 2.42. The number of fused-ring (bicyclic) bond motifs is 1. The number of hydrogen-bond donors (Lipinski definition) is 3. The highest BCUT2D eigenvalue weighted by Gasteiger charge is 2.21. The highest BCUT2D eigenvalue weighted by atomic mass is 35.5. The lowest BCUT2D eigenvalue weighted by molar-refractivity contribution is -0.119. The van der Waals surface area contributed by atoms with Gasteiger partial charge in [0.1, 0.15) is 11.4 Å². The fourth-order valence-corrected chi connectivity index (χ4v) is 7.48. The number of pyridine rings is 2. The van der Waals surface area contributed by atoms with Crippen LogP contribution in [0.4, 0.5) is 0 Å². The molecular weight excluding hydrogens is 659 g/mol. The van der Waals surface area contributed by atoms with Crippen molar-refractivity contribution < 1.29 is 14.3 Å². The molecule has 2 saturated heterocycles. The van der Waals surface area contributed by atoms with Gasteiger partial charge in [-0.15, -0.1) is 0 Å². The largest absolute Gasteiger partial charge is 0.496 e. The number of nitrogens with zero attached hydrogens (tertiary/aromatic N) is 3. The van der Waals surface area contributed by atoms with Crippen molar-refractivity contribution in [2.24, 2.45) is 7.05 Å². The molecule has 3 aromatic heterocycles. The number of carbonyl (C=O) groups is 1. The minimum absolute atomic E-state index is 0.113. The van der Waals surface area contributed by atoms with Gasteiger partial charge in [0, 0.05) is 97.9 Å².